The van der Waals surface area contributed by atoms with Crippen molar-refractivity contribution >= 4 is 58.4 Å². The standard InChI is InChI=1S/C9H10O4S.C9H10O3S2/c1-12-6-4-5(10)9(14-3)8(13-2)7(6)11;1-12-6-4-5(10)8(13-2)9(14-3)7(6)11/h2*4H,1-3H3. The van der Waals surface area contributed by atoms with Gasteiger partial charge in [0, 0.05) is 12.2 Å². The second-order valence-electron chi connectivity index (χ2n) is 4.95. The Morgan fingerprint density at radius 2 is 1.04 bits per heavy atom. The smallest absolute Gasteiger partial charge is 0.263 e. The molecule has 10 heteroatoms. The van der Waals surface area contributed by atoms with Crippen molar-refractivity contribution in [1.29, 1.82) is 0 Å². The maximum absolute atomic E-state index is 11.7. The van der Waals surface area contributed by atoms with Crippen LogP contribution < -0.4 is 0 Å². The number of methoxy groups -OCH3 is 3. The van der Waals surface area contributed by atoms with E-state index in [4.69, 9.17) is 14.2 Å². The molecule has 2 aliphatic carbocycles. The molecule has 0 saturated carbocycles. The summed E-state index contributed by atoms with van der Waals surface area (Å²) in [5, 5.41) is 0. The maximum Gasteiger partial charge on any atom is 0.263 e. The average molecular weight is 445 g/mol. The van der Waals surface area contributed by atoms with E-state index in [2.05, 4.69) is 0 Å². The summed E-state index contributed by atoms with van der Waals surface area (Å²) in [7, 11) is 4.09. The van der Waals surface area contributed by atoms with Gasteiger partial charge in [0.2, 0.25) is 5.78 Å². The second kappa shape index (κ2) is 11.2. The van der Waals surface area contributed by atoms with Crippen molar-refractivity contribution < 1.29 is 33.4 Å². The van der Waals surface area contributed by atoms with Gasteiger partial charge in [-0.1, -0.05) is 0 Å². The van der Waals surface area contributed by atoms with Gasteiger partial charge in [-0.25, -0.2) is 0 Å². The van der Waals surface area contributed by atoms with Gasteiger partial charge in [-0.15, -0.1) is 35.3 Å². The number of ketones is 4. The predicted molar refractivity (Wildman–Crippen MR) is 112 cm³/mol. The minimum Gasteiger partial charge on any atom is -0.492 e. The third-order valence-corrected chi connectivity index (χ3v) is 6.04. The zero-order chi connectivity index (χ0) is 21.4. The molecule has 152 valence electrons. The lowest BCUT2D eigenvalue weighted by atomic mass is 10.1. The van der Waals surface area contributed by atoms with Gasteiger partial charge < -0.3 is 14.2 Å². The van der Waals surface area contributed by atoms with Gasteiger partial charge in [0.1, 0.15) is 4.91 Å². The van der Waals surface area contributed by atoms with E-state index >= 15 is 0 Å². The Morgan fingerprint density at radius 1 is 0.607 bits per heavy atom. The number of hydrogen-bond donors (Lipinski definition) is 0. The molecular formula is C18H20O7S3. The molecule has 2 rings (SSSR count). The zero-order valence-electron chi connectivity index (χ0n) is 16.2. The van der Waals surface area contributed by atoms with Crippen LogP contribution in [0.25, 0.3) is 0 Å². The van der Waals surface area contributed by atoms with Crippen LogP contribution in [0.3, 0.4) is 0 Å². The van der Waals surface area contributed by atoms with Crippen LogP contribution >= 0.6 is 35.3 Å². The summed E-state index contributed by atoms with van der Waals surface area (Å²) in [6.07, 6.45) is 7.69. The molecule has 0 amide bonds. The van der Waals surface area contributed by atoms with Gasteiger partial charge in [0.05, 0.1) is 31.1 Å². The van der Waals surface area contributed by atoms with E-state index in [9.17, 15) is 19.2 Å². The highest BCUT2D eigenvalue weighted by Crippen LogP contribution is 2.32. The highest BCUT2D eigenvalue weighted by molar-refractivity contribution is 8.07. The van der Waals surface area contributed by atoms with Crippen molar-refractivity contribution in [3.05, 3.63) is 44.1 Å². The third-order valence-electron chi connectivity index (χ3n) is 3.50. The molecule has 0 fully saturated rings. The first-order chi connectivity index (χ1) is 13.3. The molecule has 0 aliphatic heterocycles. The minimum absolute atomic E-state index is 0.0182. The van der Waals surface area contributed by atoms with Crippen molar-refractivity contribution in [2.45, 2.75) is 0 Å². The molecule has 0 aromatic rings. The number of allylic oxidation sites excluding steroid dienone is 5. The van der Waals surface area contributed by atoms with Crippen LogP contribution in [0, 0.1) is 0 Å². The molecule has 2 aliphatic rings. The van der Waals surface area contributed by atoms with Gasteiger partial charge in [0.25, 0.3) is 5.78 Å². The molecule has 0 atom stereocenters. The van der Waals surface area contributed by atoms with Crippen molar-refractivity contribution in [2.24, 2.45) is 0 Å². The molecule has 0 spiro atoms. The summed E-state index contributed by atoms with van der Waals surface area (Å²) in [6, 6.07) is 0. The van der Waals surface area contributed by atoms with Crippen molar-refractivity contribution in [3.63, 3.8) is 0 Å². The largest absolute Gasteiger partial charge is 0.492 e. The van der Waals surface area contributed by atoms with Crippen LogP contribution in [-0.4, -0.2) is 63.2 Å². The molecule has 0 radical (unpaired) electrons. The Hall–Kier alpha value is -1.91. The van der Waals surface area contributed by atoms with E-state index in [1.807, 2.05) is 0 Å². The van der Waals surface area contributed by atoms with Crippen molar-refractivity contribution in [1.82, 2.24) is 0 Å². The third kappa shape index (κ3) is 5.12. The van der Waals surface area contributed by atoms with Crippen LogP contribution in [-0.2, 0) is 33.4 Å². The monoisotopic (exact) mass is 444 g/mol. The number of carbonyl (C=O) groups excluding carboxylic acids is 4. The molecule has 0 aromatic carbocycles. The highest BCUT2D eigenvalue weighted by Gasteiger charge is 2.30. The summed E-state index contributed by atoms with van der Waals surface area (Å²) >= 11 is 3.76. The van der Waals surface area contributed by atoms with Crippen molar-refractivity contribution in [2.75, 3.05) is 40.1 Å². The Balaban J connectivity index is 0.000000280. The SMILES string of the molecule is COC1=CC(=O)C(SC)=C(OC)C1=O.COC1=CC(=O)C(SC)=C(SC)C1=O. The van der Waals surface area contributed by atoms with Crippen LogP contribution in [0.5, 0.6) is 0 Å². The summed E-state index contributed by atoms with van der Waals surface area (Å²) in [6.45, 7) is 0. The molecule has 0 N–H and O–H groups in total. The fourth-order valence-electron chi connectivity index (χ4n) is 2.21. The molecule has 0 aromatic heterocycles. The van der Waals surface area contributed by atoms with Gasteiger partial charge in [-0.3, -0.25) is 19.2 Å². The lowest BCUT2D eigenvalue weighted by molar-refractivity contribution is -0.120. The fourth-order valence-corrected chi connectivity index (χ4v) is 4.45. The Labute approximate surface area is 176 Å². The number of ether oxygens (including phenoxy) is 3. The van der Waals surface area contributed by atoms with Gasteiger partial charge >= 0.3 is 0 Å². The molecule has 7 nitrogen and oxygen atoms in total. The quantitative estimate of drug-likeness (QED) is 0.569. The normalized spacial score (nSPS) is 17.1. The topological polar surface area (TPSA) is 96.0 Å². The number of hydrogen-bond acceptors (Lipinski definition) is 10. The van der Waals surface area contributed by atoms with Gasteiger partial charge in [-0.2, -0.15) is 0 Å². The molecule has 0 heterocycles. The summed E-state index contributed by atoms with van der Waals surface area (Å²) in [4.78, 5) is 47.5. The van der Waals surface area contributed by atoms with E-state index in [-0.39, 0.29) is 40.4 Å². The number of rotatable bonds is 6. The summed E-state index contributed by atoms with van der Waals surface area (Å²) in [5.74, 6) is -0.810. The first kappa shape index (κ1) is 24.1. The summed E-state index contributed by atoms with van der Waals surface area (Å²) in [5.41, 5.74) is 0. The van der Waals surface area contributed by atoms with Gasteiger partial charge in [-0.05, 0) is 18.8 Å². The first-order valence-electron chi connectivity index (χ1n) is 7.65. The van der Waals surface area contributed by atoms with E-state index in [0.717, 1.165) is 0 Å². The number of carbonyl (C=O) groups is 4. The number of Topliss-reactive ketones (excluding diaryl/α,β-unsaturated/α-hetero) is 2. The van der Waals surface area contributed by atoms with E-state index in [1.165, 1.54) is 68.8 Å². The highest BCUT2D eigenvalue weighted by atomic mass is 32.2. The molecule has 0 unspecified atom stereocenters. The van der Waals surface area contributed by atoms with Crippen LogP contribution in [0.1, 0.15) is 0 Å². The van der Waals surface area contributed by atoms with E-state index in [0.29, 0.717) is 14.7 Å². The molecule has 0 saturated heterocycles. The Kier molecular flexibility index (Phi) is 9.63. The lowest BCUT2D eigenvalue weighted by Gasteiger charge is -2.15. The van der Waals surface area contributed by atoms with Gasteiger partial charge in [0.15, 0.2) is 28.8 Å². The first-order valence-corrected chi connectivity index (χ1v) is 11.3. The average Bonchev–Trinajstić information content (AvgIpc) is 2.70. The fraction of sp³-hybridized carbons (Fsp3) is 0.333. The zero-order valence-corrected chi connectivity index (χ0v) is 18.7. The Bertz CT molecular complexity index is 751. The lowest BCUT2D eigenvalue weighted by Crippen LogP contribution is -2.20. The maximum atomic E-state index is 11.7. The minimum atomic E-state index is -0.390. The molecular weight excluding hydrogens is 424 g/mol. The van der Waals surface area contributed by atoms with Crippen molar-refractivity contribution in [3.8, 4) is 0 Å². The van der Waals surface area contributed by atoms with Crippen LogP contribution in [0.15, 0.2) is 44.1 Å². The predicted octanol–water partition coefficient (Wildman–Crippen LogP) is 2.50. The summed E-state index contributed by atoms with van der Waals surface area (Å²) < 4.78 is 14.5. The van der Waals surface area contributed by atoms with Crippen LogP contribution in [0.2, 0.25) is 0 Å². The van der Waals surface area contributed by atoms with E-state index in [1.54, 1.807) is 18.8 Å². The molecule has 28 heavy (non-hydrogen) atoms. The molecule has 0 bridgehead atoms. The Morgan fingerprint density at radius 3 is 1.43 bits per heavy atom. The second-order valence-corrected chi connectivity index (χ2v) is 7.39. The number of thioether (sulfide) groups is 3. The van der Waals surface area contributed by atoms with E-state index < -0.39 is 0 Å². The van der Waals surface area contributed by atoms with Crippen LogP contribution in [0.4, 0.5) is 0 Å².